The van der Waals surface area contributed by atoms with E-state index in [0.29, 0.717) is 27.6 Å². The lowest BCUT2D eigenvalue weighted by Crippen LogP contribution is -2.30. The Morgan fingerprint density at radius 2 is 2.00 bits per heavy atom. The Morgan fingerprint density at radius 3 is 2.79 bits per heavy atom. The van der Waals surface area contributed by atoms with Crippen LogP contribution in [0.15, 0.2) is 63.0 Å². The molecule has 2 aromatic heterocycles. The van der Waals surface area contributed by atoms with Gasteiger partial charge in [0.1, 0.15) is 23.8 Å². The van der Waals surface area contributed by atoms with Crippen LogP contribution in [0.5, 0.6) is 0 Å². The van der Waals surface area contributed by atoms with Gasteiger partial charge >= 0.3 is 0 Å². The number of hydrogen-bond acceptors (Lipinski definition) is 5. The van der Waals surface area contributed by atoms with Crippen LogP contribution in [0, 0.1) is 12.8 Å². The molecule has 1 fully saturated rings. The summed E-state index contributed by atoms with van der Waals surface area (Å²) >= 11 is 6.59. The highest BCUT2D eigenvalue weighted by atomic mass is 35.5. The summed E-state index contributed by atoms with van der Waals surface area (Å²) in [5.74, 6) is 0.942. The van der Waals surface area contributed by atoms with Crippen LogP contribution in [-0.4, -0.2) is 22.5 Å². The van der Waals surface area contributed by atoms with Crippen molar-refractivity contribution >= 4 is 39.1 Å². The van der Waals surface area contributed by atoms with Crippen molar-refractivity contribution in [2.75, 3.05) is 7.11 Å². The number of rotatable bonds is 6. The molecule has 34 heavy (non-hydrogen) atoms. The fraction of sp³-hybridized carbons (Fsp3) is 0.370. The summed E-state index contributed by atoms with van der Waals surface area (Å²) in [5.41, 5.74) is 3.56. The van der Waals surface area contributed by atoms with Crippen LogP contribution >= 0.6 is 11.6 Å². The molecule has 2 aromatic carbocycles. The summed E-state index contributed by atoms with van der Waals surface area (Å²) in [6.07, 6.45) is 5.62. The second kappa shape index (κ2) is 9.63. The molecule has 0 N–H and O–H groups in total. The molecule has 0 bridgehead atoms. The van der Waals surface area contributed by atoms with Crippen LogP contribution in [0.3, 0.4) is 0 Å². The third-order valence-electron chi connectivity index (χ3n) is 6.90. The summed E-state index contributed by atoms with van der Waals surface area (Å²) < 4.78 is 7.34. The Labute approximate surface area is 203 Å². The van der Waals surface area contributed by atoms with Gasteiger partial charge in [0, 0.05) is 17.8 Å². The van der Waals surface area contributed by atoms with Crippen LogP contribution in [0.4, 0.5) is 0 Å². The first-order valence-electron chi connectivity index (χ1n) is 11.8. The lowest BCUT2D eigenvalue weighted by Gasteiger charge is -2.31. The summed E-state index contributed by atoms with van der Waals surface area (Å²) in [6.45, 7) is 1.78. The Balaban J connectivity index is 1.49. The molecule has 6 nitrogen and oxygen atoms in total. The van der Waals surface area contributed by atoms with E-state index in [9.17, 15) is 4.79 Å². The minimum atomic E-state index is -0.0516. The first-order valence-corrected chi connectivity index (χ1v) is 12.2. The van der Waals surface area contributed by atoms with Crippen LogP contribution in [-0.2, 0) is 11.3 Å². The zero-order valence-corrected chi connectivity index (χ0v) is 20.2. The predicted octanol–water partition coefficient (Wildman–Crippen LogP) is 6.47. The third-order valence-corrected chi connectivity index (χ3v) is 7.21. The maximum absolute atomic E-state index is 13.7. The monoisotopic (exact) mass is 477 g/mol. The highest BCUT2D eigenvalue weighted by Gasteiger charge is 2.29. The van der Waals surface area contributed by atoms with Gasteiger partial charge in [0.05, 0.1) is 16.3 Å². The van der Waals surface area contributed by atoms with Crippen molar-refractivity contribution in [1.29, 1.82) is 0 Å². The van der Waals surface area contributed by atoms with Gasteiger partial charge in [-0.3, -0.25) is 4.79 Å². The molecule has 0 aliphatic heterocycles. The smallest absolute Gasteiger partial charge is 0.264 e. The molecule has 176 valence electrons. The van der Waals surface area contributed by atoms with E-state index in [1.165, 1.54) is 5.56 Å². The van der Waals surface area contributed by atoms with E-state index in [2.05, 4.69) is 22.4 Å². The summed E-state index contributed by atoms with van der Waals surface area (Å²) in [7, 11) is 1.60. The number of fused-ring (bicyclic) bond motifs is 3. The van der Waals surface area contributed by atoms with E-state index in [1.54, 1.807) is 14.0 Å². The first-order chi connectivity index (χ1) is 16.6. The topological polar surface area (TPSA) is 69.6 Å². The van der Waals surface area contributed by atoms with Crippen molar-refractivity contribution in [3.63, 3.8) is 0 Å². The van der Waals surface area contributed by atoms with Gasteiger partial charge in [-0.15, -0.1) is 0 Å². The number of hydrogen-bond donors (Lipinski definition) is 0. The first kappa shape index (κ1) is 22.7. The van der Waals surface area contributed by atoms with Crippen molar-refractivity contribution in [3.8, 4) is 0 Å². The number of benzene rings is 2. The third kappa shape index (κ3) is 4.23. The molecule has 0 amide bonds. The summed E-state index contributed by atoms with van der Waals surface area (Å²) in [5, 5.41) is 10.4. The van der Waals surface area contributed by atoms with E-state index < -0.39 is 0 Å². The fourth-order valence-electron chi connectivity index (χ4n) is 5.45. The molecule has 1 saturated carbocycles. The lowest BCUT2D eigenvalue weighted by molar-refractivity contribution is 0.209. The fourth-order valence-corrected chi connectivity index (χ4v) is 5.71. The maximum Gasteiger partial charge on any atom is 0.264 e. The molecule has 2 atom stereocenters. The highest BCUT2D eigenvalue weighted by molar-refractivity contribution is 6.37. The van der Waals surface area contributed by atoms with E-state index >= 15 is 0 Å². The summed E-state index contributed by atoms with van der Waals surface area (Å²) in [6, 6.07) is 16.1. The van der Waals surface area contributed by atoms with Crippen molar-refractivity contribution in [2.24, 2.45) is 11.1 Å². The predicted molar refractivity (Wildman–Crippen MR) is 136 cm³/mol. The molecule has 5 rings (SSSR count). The number of aromatic nitrogens is 2. The molecule has 2 heterocycles. The molecule has 4 aromatic rings. The van der Waals surface area contributed by atoms with Crippen molar-refractivity contribution in [1.82, 2.24) is 9.72 Å². The second-order valence-corrected chi connectivity index (χ2v) is 9.57. The quantitative estimate of drug-likeness (QED) is 0.235. The average molecular weight is 478 g/mol. The SMILES string of the molecule is CON=C(Cc1ccccc1)CC1CCCC(n2c(=O)c3c(C)onc3c3c(Cl)cccc32)C1. The molecular formula is C27H28ClN3O3. The molecular weight excluding hydrogens is 450 g/mol. The van der Waals surface area contributed by atoms with Crippen LogP contribution < -0.4 is 5.56 Å². The standard InChI is InChI=1S/C27H28ClN3O3/c1-17-24-26(30-34-17)25-22(28)12-7-13-23(25)31(27(24)32)21-11-6-10-19(16-21)15-20(29-33-2)14-18-8-4-3-5-9-18/h3-5,7-9,12-13,19,21H,6,10-11,14-16H2,1-2H3. The Hall–Kier alpha value is -3.12. The molecule has 1 aliphatic carbocycles. The largest absolute Gasteiger partial charge is 0.399 e. The van der Waals surface area contributed by atoms with Crippen molar-refractivity contribution in [2.45, 2.75) is 51.5 Å². The van der Waals surface area contributed by atoms with Gasteiger partial charge in [0.15, 0.2) is 0 Å². The highest BCUT2D eigenvalue weighted by Crippen LogP contribution is 2.38. The number of aryl methyl sites for hydroxylation is 1. The van der Waals surface area contributed by atoms with E-state index in [0.717, 1.165) is 55.1 Å². The van der Waals surface area contributed by atoms with E-state index in [-0.39, 0.29) is 11.6 Å². The number of nitrogens with zero attached hydrogens (tertiary/aromatic N) is 3. The molecule has 0 radical (unpaired) electrons. The minimum absolute atomic E-state index is 0.0516. The Morgan fingerprint density at radius 1 is 1.18 bits per heavy atom. The van der Waals surface area contributed by atoms with Crippen LogP contribution in [0.25, 0.3) is 21.8 Å². The zero-order valence-electron chi connectivity index (χ0n) is 19.5. The van der Waals surface area contributed by atoms with Gasteiger partial charge in [-0.25, -0.2) is 0 Å². The molecule has 0 spiro atoms. The number of pyridine rings is 1. The van der Waals surface area contributed by atoms with E-state index in [4.69, 9.17) is 21.0 Å². The van der Waals surface area contributed by atoms with Gasteiger partial charge in [0.2, 0.25) is 0 Å². The number of halogens is 1. The van der Waals surface area contributed by atoms with Crippen molar-refractivity contribution in [3.05, 3.63) is 75.2 Å². The number of oxime groups is 1. The van der Waals surface area contributed by atoms with Gasteiger partial charge < -0.3 is 13.9 Å². The minimum Gasteiger partial charge on any atom is -0.399 e. The molecule has 7 heteroatoms. The molecule has 2 unspecified atom stereocenters. The van der Waals surface area contributed by atoms with Crippen LogP contribution in [0.1, 0.15) is 49.5 Å². The van der Waals surface area contributed by atoms with Gasteiger partial charge in [0.25, 0.3) is 5.56 Å². The van der Waals surface area contributed by atoms with Crippen LogP contribution in [0.2, 0.25) is 5.02 Å². The Bertz CT molecular complexity index is 1410. The second-order valence-electron chi connectivity index (χ2n) is 9.16. The lowest BCUT2D eigenvalue weighted by atomic mass is 9.81. The zero-order chi connectivity index (χ0) is 23.7. The Kier molecular flexibility index (Phi) is 6.42. The average Bonchev–Trinajstić information content (AvgIpc) is 3.22. The van der Waals surface area contributed by atoms with Gasteiger partial charge in [-0.2, -0.15) is 0 Å². The maximum atomic E-state index is 13.7. The van der Waals surface area contributed by atoms with Gasteiger partial charge in [-0.05, 0) is 56.2 Å². The van der Waals surface area contributed by atoms with E-state index in [1.807, 2.05) is 41.0 Å². The normalized spacial score (nSPS) is 19.1. The van der Waals surface area contributed by atoms with Crippen molar-refractivity contribution < 1.29 is 9.36 Å². The molecule has 1 aliphatic rings. The summed E-state index contributed by atoms with van der Waals surface area (Å²) in [4.78, 5) is 18.9. The van der Waals surface area contributed by atoms with Gasteiger partial charge in [-0.1, -0.05) is 64.7 Å². The molecule has 0 saturated heterocycles.